The Balaban J connectivity index is 1.30. The zero-order valence-electron chi connectivity index (χ0n) is 26.7. The van der Waals surface area contributed by atoms with Gasteiger partial charge < -0.3 is 39.4 Å². The van der Waals surface area contributed by atoms with Crippen LogP contribution in [0.3, 0.4) is 0 Å². The lowest BCUT2D eigenvalue weighted by molar-refractivity contribution is -0.384. The van der Waals surface area contributed by atoms with Gasteiger partial charge in [-0.05, 0) is 57.7 Å². The Morgan fingerprint density at radius 1 is 0.979 bits per heavy atom. The van der Waals surface area contributed by atoms with Gasteiger partial charge in [0, 0.05) is 24.1 Å². The van der Waals surface area contributed by atoms with Crippen LogP contribution >= 0.6 is 0 Å². The van der Waals surface area contributed by atoms with E-state index in [4.69, 9.17) is 23.7 Å². The van der Waals surface area contributed by atoms with Crippen molar-refractivity contribution >= 4 is 28.8 Å². The van der Waals surface area contributed by atoms with Crippen molar-refractivity contribution < 1.29 is 43.3 Å². The molecule has 0 spiro atoms. The molecule has 2 atom stereocenters. The second-order valence-corrected chi connectivity index (χ2v) is 11.1. The molecule has 3 aromatic carbocycles. The van der Waals surface area contributed by atoms with E-state index in [2.05, 4.69) is 10.6 Å². The third-order valence-corrected chi connectivity index (χ3v) is 7.05. The number of ether oxygens (including phenoxy) is 5. The van der Waals surface area contributed by atoms with Crippen molar-refractivity contribution in [1.29, 1.82) is 0 Å². The van der Waals surface area contributed by atoms with E-state index in [1.165, 1.54) is 18.2 Å². The number of nitro groups is 1. The summed E-state index contributed by atoms with van der Waals surface area (Å²) in [6.07, 6.45) is -2.79. The number of non-ortho nitro benzene ring substituents is 1. The maximum atomic E-state index is 12.8. The Morgan fingerprint density at radius 2 is 1.66 bits per heavy atom. The van der Waals surface area contributed by atoms with Crippen LogP contribution < -0.4 is 15.4 Å². The number of carbonyl (C=O) groups is 2. The summed E-state index contributed by atoms with van der Waals surface area (Å²) < 4.78 is 27.4. The Kier molecular flexibility index (Phi) is 12.1. The Morgan fingerprint density at radius 3 is 2.38 bits per heavy atom. The summed E-state index contributed by atoms with van der Waals surface area (Å²) in [4.78, 5) is 36.2. The van der Waals surface area contributed by atoms with Crippen LogP contribution in [0.2, 0.25) is 0 Å². The number of aliphatic hydroxyl groups is 1. The van der Waals surface area contributed by atoms with E-state index < -0.39 is 35.4 Å². The number of nitrogens with one attached hydrogen (secondary N) is 2. The molecule has 4 rings (SSSR count). The van der Waals surface area contributed by atoms with Gasteiger partial charge in [-0.15, -0.1) is 0 Å². The van der Waals surface area contributed by atoms with Gasteiger partial charge in [-0.3, -0.25) is 10.1 Å². The van der Waals surface area contributed by atoms with Crippen LogP contribution in [0, 0.1) is 10.1 Å². The Labute approximate surface area is 272 Å². The average Bonchev–Trinajstić information content (AvgIpc) is 3.03. The monoisotopic (exact) mass is 649 g/mol. The molecule has 0 fully saturated rings. The number of rotatable bonds is 14. The zero-order valence-corrected chi connectivity index (χ0v) is 26.7. The normalized spacial score (nSPS) is 15.2. The van der Waals surface area contributed by atoms with Gasteiger partial charge in [0.2, 0.25) is 0 Å². The first kappa shape index (κ1) is 34.7. The fourth-order valence-corrected chi connectivity index (χ4v) is 4.96. The first-order chi connectivity index (χ1) is 22.5. The van der Waals surface area contributed by atoms with Gasteiger partial charge in [-0.25, -0.2) is 9.59 Å². The lowest BCUT2D eigenvalue weighted by atomic mass is 9.90. The minimum atomic E-state index is -1.01. The second kappa shape index (κ2) is 16.4. The molecule has 13 heteroatoms. The first-order valence-corrected chi connectivity index (χ1v) is 15.2. The maximum absolute atomic E-state index is 12.8. The number of dihydropyridines is 1. The quantitative estimate of drug-likeness (QED) is 0.0804. The summed E-state index contributed by atoms with van der Waals surface area (Å²) in [5.74, 6) is -0.208. The van der Waals surface area contributed by atoms with Gasteiger partial charge in [-0.1, -0.05) is 48.5 Å². The highest BCUT2D eigenvalue weighted by Gasteiger charge is 2.36. The molecule has 0 aromatic heterocycles. The van der Waals surface area contributed by atoms with Crippen molar-refractivity contribution in [3.63, 3.8) is 0 Å². The highest BCUT2D eigenvalue weighted by atomic mass is 16.7. The van der Waals surface area contributed by atoms with Crippen molar-refractivity contribution in [1.82, 2.24) is 10.6 Å². The molecule has 3 N–H and O–H groups in total. The summed E-state index contributed by atoms with van der Waals surface area (Å²) in [5.41, 5.74) is 1.000. The van der Waals surface area contributed by atoms with Crippen LogP contribution in [0.1, 0.15) is 45.6 Å². The van der Waals surface area contributed by atoms with E-state index in [0.29, 0.717) is 35.7 Å². The van der Waals surface area contributed by atoms with E-state index in [1.54, 1.807) is 33.8 Å². The molecule has 1 aliphatic rings. The lowest BCUT2D eigenvalue weighted by Gasteiger charge is -2.30. The third kappa shape index (κ3) is 9.67. The fraction of sp³-hybridized carbons (Fsp3) is 0.353. The predicted molar refractivity (Wildman–Crippen MR) is 172 cm³/mol. The molecule has 1 aliphatic heterocycles. The van der Waals surface area contributed by atoms with E-state index in [9.17, 15) is 24.8 Å². The largest absolute Gasteiger partial charge is 0.513 e. The molecule has 2 unspecified atom stereocenters. The molecule has 13 nitrogen and oxygen atoms in total. The van der Waals surface area contributed by atoms with E-state index >= 15 is 0 Å². The predicted octanol–water partition coefficient (Wildman–Crippen LogP) is 6.03. The zero-order chi connectivity index (χ0) is 33.9. The number of aliphatic hydroxyl groups excluding tert-OH is 1. The van der Waals surface area contributed by atoms with Crippen molar-refractivity contribution in [3.8, 4) is 5.75 Å². The van der Waals surface area contributed by atoms with Gasteiger partial charge in [0.15, 0.2) is 0 Å². The minimum Gasteiger partial charge on any atom is -0.490 e. The van der Waals surface area contributed by atoms with Crippen LogP contribution in [0.15, 0.2) is 89.6 Å². The molecule has 47 heavy (non-hydrogen) atoms. The smallest absolute Gasteiger partial charge is 0.490 e. The van der Waals surface area contributed by atoms with Crippen LogP contribution in [0.25, 0.3) is 10.8 Å². The van der Waals surface area contributed by atoms with E-state index in [1.807, 2.05) is 42.5 Å². The van der Waals surface area contributed by atoms with Gasteiger partial charge in [0.05, 0.1) is 29.0 Å². The standard InChI is InChI=1S/C34H39N3O10/c1-21(2)45-34(40)47-32-23(4)36-22(3)31(30(32)25-12-7-13-26(18-25)37(41)42)46-33(39)43-17-9-16-35-19-27(38)20-44-29-15-8-11-24-10-5-6-14-28(24)29/h5-8,10-15,18,21,27,30,35-36,38H,9,16-17,19-20H2,1-4H3. The highest BCUT2D eigenvalue weighted by Crippen LogP contribution is 2.40. The third-order valence-electron chi connectivity index (χ3n) is 7.05. The summed E-state index contributed by atoms with van der Waals surface area (Å²) in [5, 5.41) is 30.0. The molecule has 0 amide bonds. The lowest BCUT2D eigenvalue weighted by Crippen LogP contribution is -2.32. The molecular formula is C34H39N3O10. The van der Waals surface area contributed by atoms with Gasteiger partial charge >= 0.3 is 12.3 Å². The van der Waals surface area contributed by atoms with Crippen LogP contribution in [0.4, 0.5) is 15.3 Å². The summed E-state index contributed by atoms with van der Waals surface area (Å²) in [6, 6.07) is 19.3. The molecule has 3 aromatic rings. The molecular weight excluding hydrogens is 610 g/mol. The minimum absolute atomic E-state index is 0.00854. The van der Waals surface area contributed by atoms with Crippen molar-refractivity contribution in [2.75, 3.05) is 26.3 Å². The molecule has 0 bridgehead atoms. The molecule has 1 heterocycles. The number of hydrogen-bond acceptors (Lipinski definition) is 12. The Bertz CT molecular complexity index is 1650. The SMILES string of the molecule is CC1=C(OC(=O)OCCCNCC(O)COc2cccc3ccccc23)C(c2cccc([N+](=O)[O-])c2)C(OC(=O)OC(C)C)=C(C)N1. The van der Waals surface area contributed by atoms with E-state index in [0.717, 1.165) is 10.8 Å². The maximum Gasteiger partial charge on any atom is 0.513 e. The number of nitro benzene ring substituents is 1. The molecule has 0 aliphatic carbocycles. The molecule has 0 radical (unpaired) electrons. The van der Waals surface area contributed by atoms with Crippen LogP contribution in [0.5, 0.6) is 5.75 Å². The van der Waals surface area contributed by atoms with E-state index in [-0.39, 0.29) is 37.0 Å². The number of carbonyl (C=O) groups excluding carboxylic acids is 2. The van der Waals surface area contributed by atoms with Gasteiger partial charge in [-0.2, -0.15) is 0 Å². The topological polar surface area (TPSA) is 168 Å². The number of hydrogen-bond donors (Lipinski definition) is 3. The first-order valence-electron chi connectivity index (χ1n) is 15.2. The summed E-state index contributed by atoms with van der Waals surface area (Å²) in [6.45, 7) is 7.45. The highest BCUT2D eigenvalue weighted by molar-refractivity contribution is 5.88. The summed E-state index contributed by atoms with van der Waals surface area (Å²) >= 11 is 0. The Hall–Kier alpha value is -5.14. The van der Waals surface area contributed by atoms with Gasteiger partial charge in [0.25, 0.3) is 5.69 Å². The van der Waals surface area contributed by atoms with Crippen molar-refractivity contribution in [2.24, 2.45) is 0 Å². The van der Waals surface area contributed by atoms with Crippen molar-refractivity contribution in [2.45, 2.75) is 52.2 Å². The number of allylic oxidation sites excluding steroid dienone is 2. The molecule has 0 saturated heterocycles. The molecule has 0 saturated carbocycles. The number of benzene rings is 3. The second-order valence-electron chi connectivity index (χ2n) is 11.1. The fourth-order valence-electron chi connectivity index (χ4n) is 4.96. The van der Waals surface area contributed by atoms with Crippen LogP contribution in [-0.4, -0.2) is 60.9 Å². The number of nitrogens with zero attached hydrogens (tertiary/aromatic N) is 1. The van der Waals surface area contributed by atoms with Crippen LogP contribution in [-0.2, 0) is 18.9 Å². The summed E-state index contributed by atoms with van der Waals surface area (Å²) in [7, 11) is 0. The number of fused-ring (bicyclic) bond motifs is 1. The van der Waals surface area contributed by atoms with Gasteiger partial charge in [0.1, 0.15) is 35.9 Å². The molecule has 250 valence electrons. The average molecular weight is 650 g/mol. The van der Waals surface area contributed by atoms with Crippen molar-refractivity contribution in [3.05, 3.63) is 105 Å².